The SMILES string of the molecule is Cc1c[c-]c(-c2ccccn2)cc1.O=S(=O)(/C=C(\[O-])c1ccccc1)/C=C(/[O-])c1ccccc1.[Au+3]. The second kappa shape index (κ2) is 13.5. The number of benzene rings is 3. The summed E-state index contributed by atoms with van der Waals surface area (Å²) in [6.45, 7) is 2.05. The van der Waals surface area contributed by atoms with Crippen molar-refractivity contribution in [1.82, 2.24) is 4.98 Å². The molecule has 4 rings (SSSR count). The van der Waals surface area contributed by atoms with Crippen LogP contribution < -0.4 is 10.2 Å². The summed E-state index contributed by atoms with van der Waals surface area (Å²) in [5, 5.41) is 24.7. The largest absolute Gasteiger partial charge is 3.00 e. The predicted octanol–water partition coefficient (Wildman–Crippen LogP) is 3.97. The molecule has 0 bridgehead atoms. The Morgan fingerprint density at radius 2 is 1.29 bits per heavy atom. The topological polar surface area (TPSA) is 93.2 Å². The number of sulfone groups is 1. The summed E-state index contributed by atoms with van der Waals surface area (Å²) < 4.78 is 23.7. The normalized spacial score (nSPS) is 11.6. The van der Waals surface area contributed by atoms with Gasteiger partial charge in [-0.05, 0) is 22.9 Å². The van der Waals surface area contributed by atoms with Crippen LogP contribution in [-0.4, -0.2) is 13.4 Å². The van der Waals surface area contributed by atoms with E-state index in [4.69, 9.17) is 0 Å². The van der Waals surface area contributed by atoms with Crippen molar-refractivity contribution >= 4 is 21.4 Å². The van der Waals surface area contributed by atoms with E-state index in [0.29, 0.717) is 10.8 Å². The van der Waals surface area contributed by atoms with Crippen molar-refractivity contribution in [2.24, 2.45) is 0 Å². The van der Waals surface area contributed by atoms with Gasteiger partial charge in [-0.3, -0.25) is 0 Å². The number of pyridine rings is 1. The van der Waals surface area contributed by atoms with Crippen LogP contribution in [0.4, 0.5) is 0 Å². The molecule has 5 nitrogen and oxygen atoms in total. The molecule has 180 valence electrons. The van der Waals surface area contributed by atoms with Gasteiger partial charge in [0.05, 0.1) is 0 Å². The van der Waals surface area contributed by atoms with Gasteiger partial charge >= 0.3 is 22.4 Å². The minimum atomic E-state index is -4.03. The Bertz CT molecular complexity index is 1290. The average molecular weight is 666 g/mol. The Kier molecular flexibility index (Phi) is 10.7. The molecule has 0 spiro atoms. The number of aryl methyl sites for hydroxylation is 1. The van der Waals surface area contributed by atoms with E-state index in [0.717, 1.165) is 11.3 Å². The number of nitrogens with zero attached hydrogens (tertiary/aromatic N) is 1. The van der Waals surface area contributed by atoms with Crippen LogP contribution in [0.15, 0.2) is 114 Å². The van der Waals surface area contributed by atoms with E-state index in [-0.39, 0.29) is 33.5 Å². The van der Waals surface area contributed by atoms with Crippen molar-refractivity contribution in [2.75, 3.05) is 0 Å². The molecule has 7 heteroatoms. The summed E-state index contributed by atoms with van der Waals surface area (Å²) >= 11 is 0. The molecule has 0 amide bonds. The monoisotopic (exact) mass is 665 g/mol. The zero-order valence-electron chi connectivity index (χ0n) is 18.8. The third-order valence-corrected chi connectivity index (χ3v) is 5.65. The van der Waals surface area contributed by atoms with E-state index >= 15 is 0 Å². The van der Waals surface area contributed by atoms with Gasteiger partial charge in [-0.15, -0.1) is 35.4 Å². The second-order valence-corrected chi connectivity index (χ2v) is 8.93. The van der Waals surface area contributed by atoms with Crippen molar-refractivity contribution < 1.29 is 41.0 Å². The van der Waals surface area contributed by atoms with Gasteiger partial charge in [0.25, 0.3) is 0 Å². The fraction of sp³-hybridized carbons (Fsp3) is 0.0357. The first-order chi connectivity index (χ1) is 16.3. The van der Waals surface area contributed by atoms with Crippen molar-refractivity contribution in [3.05, 3.63) is 137 Å². The van der Waals surface area contributed by atoms with E-state index in [1.54, 1.807) is 42.6 Å². The van der Waals surface area contributed by atoms with Crippen molar-refractivity contribution in [1.29, 1.82) is 0 Å². The molecule has 1 heterocycles. The van der Waals surface area contributed by atoms with E-state index in [1.807, 2.05) is 30.3 Å². The molecular formula is C28H22AuNO4S. The zero-order valence-corrected chi connectivity index (χ0v) is 21.7. The molecule has 1 aromatic heterocycles. The average Bonchev–Trinajstić information content (AvgIpc) is 2.86. The van der Waals surface area contributed by atoms with Crippen LogP contribution in [-0.2, 0) is 32.2 Å². The minimum absolute atomic E-state index is 0. The van der Waals surface area contributed by atoms with Crippen LogP contribution in [0.1, 0.15) is 16.7 Å². The standard InChI is InChI=1S/C16H14O4S.C12H10N.Au/c17-15(13-7-3-1-4-8-13)11-21(19,20)12-16(18)14-9-5-2-6-10-14;1-10-5-7-11(8-6-10)12-4-2-3-9-13-12;/h1-12,17-18H;2-7,9H,1H3;/q;-1;+3/p-2/b15-11-,16-12+;;. The molecule has 0 fully saturated rings. The smallest absolute Gasteiger partial charge is 0.872 e. The van der Waals surface area contributed by atoms with Crippen LogP contribution in [0.25, 0.3) is 22.8 Å². The summed E-state index contributed by atoms with van der Waals surface area (Å²) in [6.07, 6.45) is 1.79. The molecule has 0 unspecified atom stereocenters. The van der Waals surface area contributed by atoms with Gasteiger partial charge in [-0.1, -0.05) is 91.2 Å². The molecule has 0 radical (unpaired) electrons. The first-order valence-electron chi connectivity index (χ1n) is 10.4. The molecule has 0 N–H and O–H groups in total. The van der Waals surface area contributed by atoms with Gasteiger partial charge < -0.3 is 15.2 Å². The van der Waals surface area contributed by atoms with Gasteiger partial charge in [0, 0.05) is 17.0 Å². The molecule has 35 heavy (non-hydrogen) atoms. The maximum Gasteiger partial charge on any atom is 3.00 e. The van der Waals surface area contributed by atoms with Gasteiger partial charge in [-0.2, -0.15) is 0 Å². The zero-order chi connectivity index (χ0) is 24.4. The van der Waals surface area contributed by atoms with Crippen LogP contribution in [0, 0.1) is 13.0 Å². The summed E-state index contributed by atoms with van der Waals surface area (Å²) in [6, 6.07) is 31.2. The maximum absolute atomic E-state index is 11.8. The van der Waals surface area contributed by atoms with Crippen LogP contribution in [0.3, 0.4) is 0 Å². The van der Waals surface area contributed by atoms with Crippen molar-refractivity contribution in [3.8, 4) is 11.3 Å². The fourth-order valence-electron chi connectivity index (χ4n) is 2.86. The Morgan fingerprint density at radius 3 is 1.71 bits per heavy atom. The number of aromatic nitrogens is 1. The van der Waals surface area contributed by atoms with Crippen molar-refractivity contribution in [2.45, 2.75) is 6.92 Å². The molecule has 0 saturated heterocycles. The molecule has 0 aliphatic carbocycles. The predicted molar refractivity (Wildman–Crippen MR) is 131 cm³/mol. The third kappa shape index (κ3) is 9.03. The Balaban J connectivity index is 0.000000265. The summed E-state index contributed by atoms with van der Waals surface area (Å²) in [5.74, 6) is -1.32. The van der Waals surface area contributed by atoms with Gasteiger partial charge in [0.1, 0.15) is 0 Å². The van der Waals surface area contributed by atoms with Gasteiger partial charge in [0.15, 0.2) is 9.84 Å². The number of hydrogen-bond acceptors (Lipinski definition) is 5. The number of rotatable bonds is 5. The molecule has 0 aliphatic rings. The third-order valence-electron chi connectivity index (χ3n) is 4.57. The van der Waals surface area contributed by atoms with E-state index in [1.165, 1.54) is 29.8 Å². The number of hydrogen-bond donors (Lipinski definition) is 0. The minimum Gasteiger partial charge on any atom is -0.872 e. The summed E-state index contributed by atoms with van der Waals surface area (Å²) in [7, 11) is -4.03. The van der Waals surface area contributed by atoms with Gasteiger partial charge in [-0.25, -0.2) is 8.42 Å². The fourth-order valence-corrected chi connectivity index (χ4v) is 3.79. The molecule has 0 saturated carbocycles. The molecule has 0 aliphatic heterocycles. The molecule has 0 atom stereocenters. The Morgan fingerprint density at radius 1 is 0.771 bits per heavy atom. The molecular weight excluding hydrogens is 643 g/mol. The van der Waals surface area contributed by atoms with Gasteiger partial charge in [0.2, 0.25) is 0 Å². The Hall–Kier alpha value is -3.42. The van der Waals surface area contributed by atoms with E-state index < -0.39 is 21.4 Å². The summed E-state index contributed by atoms with van der Waals surface area (Å²) in [5.41, 5.74) is 3.75. The maximum atomic E-state index is 11.8. The van der Waals surface area contributed by atoms with Crippen LogP contribution in [0.2, 0.25) is 0 Å². The van der Waals surface area contributed by atoms with Crippen LogP contribution >= 0.6 is 0 Å². The van der Waals surface area contributed by atoms with Crippen molar-refractivity contribution in [3.63, 3.8) is 0 Å². The quantitative estimate of drug-likeness (QED) is 0.183. The molecule has 4 aromatic rings. The molecule has 3 aromatic carbocycles. The second-order valence-electron chi connectivity index (χ2n) is 7.28. The van der Waals surface area contributed by atoms with E-state index in [9.17, 15) is 18.6 Å². The first kappa shape index (κ1) is 27.8. The first-order valence-corrected chi connectivity index (χ1v) is 12.0. The Labute approximate surface area is 221 Å². The summed E-state index contributed by atoms with van der Waals surface area (Å²) in [4.78, 5) is 4.25. The van der Waals surface area contributed by atoms with E-state index in [2.05, 4.69) is 24.0 Å². The van der Waals surface area contributed by atoms with Crippen LogP contribution in [0.5, 0.6) is 0 Å².